The van der Waals surface area contributed by atoms with Crippen LogP contribution >= 0.6 is 11.3 Å². The molecule has 0 bridgehead atoms. The molecule has 5 nitrogen and oxygen atoms in total. The number of thiophene rings is 1. The Labute approximate surface area is 163 Å². The van der Waals surface area contributed by atoms with Gasteiger partial charge in [0.15, 0.2) is 0 Å². The fourth-order valence-corrected chi connectivity index (χ4v) is 4.69. The second-order valence-electron chi connectivity index (χ2n) is 6.13. The Hall–Kier alpha value is -2.19. The first-order valence-corrected chi connectivity index (χ1v) is 10.8. The summed E-state index contributed by atoms with van der Waals surface area (Å²) in [5, 5.41) is 14.4. The minimum absolute atomic E-state index is 0.106. The summed E-state index contributed by atoms with van der Waals surface area (Å²) < 4.78 is 32.6. The maximum Gasteiger partial charge on any atom is 0.240 e. The molecule has 2 aromatic carbocycles. The molecule has 0 aliphatic heterocycles. The summed E-state index contributed by atoms with van der Waals surface area (Å²) in [5.41, 5.74) is 3.41. The molecule has 142 valence electrons. The molecule has 1 atom stereocenters. The average molecular weight is 404 g/mol. The number of benzene rings is 2. The minimum atomic E-state index is -3.73. The van der Waals surface area contributed by atoms with E-state index in [0.717, 1.165) is 11.1 Å². The summed E-state index contributed by atoms with van der Waals surface area (Å²) in [6.45, 7) is 1.60. The van der Waals surface area contributed by atoms with E-state index < -0.39 is 16.1 Å². The monoisotopic (exact) mass is 403 g/mol. The largest absolute Gasteiger partial charge is 0.497 e. The highest BCUT2D eigenvalue weighted by molar-refractivity contribution is 7.89. The minimum Gasteiger partial charge on any atom is -0.497 e. The van der Waals surface area contributed by atoms with Gasteiger partial charge in [-0.25, -0.2) is 13.1 Å². The van der Waals surface area contributed by atoms with Gasteiger partial charge < -0.3 is 9.84 Å². The van der Waals surface area contributed by atoms with Crippen molar-refractivity contribution in [1.29, 1.82) is 0 Å². The van der Waals surface area contributed by atoms with Gasteiger partial charge in [0, 0.05) is 6.54 Å². The third kappa shape index (κ3) is 4.56. The van der Waals surface area contributed by atoms with Crippen molar-refractivity contribution in [3.8, 4) is 16.9 Å². The fraction of sp³-hybridized carbons (Fsp3) is 0.200. The van der Waals surface area contributed by atoms with Crippen LogP contribution in [-0.2, 0) is 10.0 Å². The van der Waals surface area contributed by atoms with Gasteiger partial charge in [0.05, 0.1) is 18.1 Å². The van der Waals surface area contributed by atoms with E-state index in [4.69, 9.17) is 4.74 Å². The van der Waals surface area contributed by atoms with E-state index >= 15 is 0 Å². The summed E-state index contributed by atoms with van der Waals surface area (Å²) >= 11 is 1.62. The van der Waals surface area contributed by atoms with E-state index in [-0.39, 0.29) is 11.4 Å². The van der Waals surface area contributed by atoms with Crippen LogP contribution in [0.15, 0.2) is 64.2 Å². The molecule has 0 saturated carbocycles. The van der Waals surface area contributed by atoms with Crippen LogP contribution in [0.2, 0.25) is 0 Å². The molecular weight excluding hydrogens is 382 g/mol. The number of aliphatic hydroxyl groups excluding tert-OH is 1. The van der Waals surface area contributed by atoms with Gasteiger partial charge in [0.2, 0.25) is 10.0 Å². The number of aliphatic hydroxyl groups is 1. The second-order valence-corrected chi connectivity index (χ2v) is 8.65. The first-order valence-electron chi connectivity index (χ1n) is 8.35. The maximum absolute atomic E-state index is 12.5. The van der Waals surface area contributed by atoms with E-state index in [1.807, 2.05) is 35.7 Å². The van der Waals surface area contributed by atoms with Crippen LogP contribution in [0.25, 0.3) is 11.1 Å². The van der Waals surface area contributed by atoms with Gasteiger partial charge in [-0.3, -0.25) is 0 Å². The van der Waals surface area contributed by atoms with Gasteiger partial charge >= 0.3 is 0 Å². The Morgan fingerprint density at radius 3 is 2.44 bits per heavy atom. The molecule has 1 aromatic heterocycles. The molecular formula is C20H21NO4S2. The molecule has 0 aliphatic carbocycles. The highest BCUT2D eigenvalue weighted by atomic mass is 32.2. The Kier molecular flexibility index (Phi) is 5.96. The second kappa shape index (κ2) is 8.22. The van der Waals surface area contributed by atoms with Crippen molar-refractivity contribution in [1.82, 2.24) is 4.72 Å². The Bertz CT molecular complexity index is 997. The van der Waals surface area contributed by atoms with Crippen molar-refractivity contribution in [2.45, 2.75) is 17.9 Å². The van der Waals surface area contributed by atoms with Crippen LogP contribution in [0.1, 0.15) is 17.2 Å². The predicted octanol–water partition coefficient (Wildman–Crippen LogP) is 3.74. The lowest BCUT2D eigenvalue weighted by Crippen LogP contribution is -2.29. The zero-order valence-electron chi connectivity index (χ0n) is 15.0. The highest BCUT2D eigenvalue weighted by Crippen LogP contribution is 2.25. The molecule has 7 heteroatoms. The lowest BCUT2D eigenvalue weighted by atomic mass is 10.0. The number of hydrogen-bond donors (Lipinski definition) is 2. The van der Waals surface area contributed by atoms with Gasteiger partial charge in [0.25, 0.3) is 0 Å². The van der Waals surface area contributed by atoms with Crippen LogP contribution in [0, 0.1) is 6.92 Å². The molecule has 2 N–H and O–H groups in total. The molecule has 27 heavy (non-hydrogen) atoms. The first-order chi connectivity index (χ1) is 12.9. The lowest BCUT2D eigenvalue weighted by molar-refractivity contribution is 0.182. The number of hydrogen-bond acceptors (Lipinski definition) is 5. The Morgan fingerprint density at radius 2 is 1.85 bits per heavy atom. The summed E-state index contributed by atoms with van der Waals surface area (Å²) in [6.07, 6.45) is -0.935. The molecule has 0 amide bonds. The Morgan fingerprint density at radius 1 is 1.11 bits per heavy atom. The van der Waals surface area contributed by atoms with Gasteiger partial charge in [0.1, 0.15) is 5.75 Å². The molecule has 1 heterocycles. The quantitative estimate of drug-likeness (QED) is 0.630. The number of sulfonamides is 1. The van der Waals surface area contributed by atoms with E-state index in [1.54, 1.807) is 30.4 Å². The third-order valence-electron chi connectivity index (χ3n) is 4.29. The van der Waals surface area contributed by atoms with Crippen molar-refractivity contribution in [3.05, 3.63) is 70.4 Å². The molecule has 0 fully saturated rings. The first kappa shape index (κ1) is 19.6. The van der Waals surface area contributed by atoms with Gasteiger partial charge in [-0.1, -0.05) is 24.3 Å². The van der Waals surface area contributed by atoms with Crippen LogP contribution in [0.3, 0.4) is 0 Å². The average Bonchev–Trinajstić information content (AvgIpc) is 3.20. The van der Waals surface area contributed by atoms with E-state index in [1.165, 1.54) is 13.2 Å². The van der Waals surface area contributed by atoms with E-state index in [0.29, 0.717) is 16.9 Å². The maximum atomic E-state index is 12.5. The summed E-state index contributed by atoms with van der Waals surface area (Å²) in [7, 11) is -2.20. The van der Waals surface area contributed by atoms with Crippen LogP contribution in [-0.4, -0.2) is 27.2 Å². The standard InChI is InChI=1S/C20H21NO4S2/c1-14-11-18(25-2)7-8-20(14)27(23,24)21-12-19(22)16-5-3-15(4-6-16)17-9-10-26-13-17/h3-11,13,19,21-22H,12H2,1-2H3/t19-/m0/s1. The predicted molar refractivity (Wildman–Crippen MR) is 108 cm³/mol. The number of methoxy groups -OCH3 is 1. The molecule has 0 saturated heterocycles. The molecule has 0 aliphatic rings. The van der Waals surface area contributed by atoms with E-state index in [9.17, 15) is 13.5 Å². The van der Waals surface area contributed by atoms with Crippen molar-refractivity contribution in [2.75, 3.05) is 13.7 Å². The number of ether oxygens (including phenoxy) is 1. The van der Waals surface area contributed by atoms with Crippen LogP contribution in [0.5, 0.6) is 5.75 Å². The summed E-state index contributed by atoms with van der Waals surface area (Å²) in [4.78, 5) is 0.170. The zero-order valence-corrected chi connectivity index (χ0v) is 16.7. The third-order valence-corrected chi connectivity index (χ3v) is 6.56. The SMILES string of the molecule is COc1ccc(S(=O)(=O)NC[C@H](O)c2ccc(-c3ccsc3)cc2)c(C)c1. The molecule has 0 unspecified atom stereocenters. The zero-order chi connectivity index (χ0) is 19.4. The summed E-state index contributed by atoms with van der Waals surface area (Å²) in [6, 6.07) is 14.2. The van der Waals surface area contributed by atoms with Crippen molar-refractivity contribution < 1.29 is 18.3 Å². The molecule has 0 radical (unpaired) electrons. The highest BCUT2D eigenvalue weighted by Gasteiger charge is 2.19. The lowest BCUT2D eigenvalue weighted by Gasteiger charge is -2.14. The molecule has 3 aromatic rings. The van der Waals surface area contributed by atoms with Crippen molar-refractivity contribution in [2.24, 2.45) is 0 Å². The number of rotatable bonds is 7. The van der Waals surface area contributed by atoms with Crippen molar-refractivity contribution >= 4 is 21.4 Å². The smallest absolute Gasteiger partial charge is 0.240 e. The van der Waals surface area contributed by atoms with Crippen LogP contribution < -0.4 is 9.46 Å². The Balaban J connectivity index is 1.68. The fourth-order valence-electron chi connectivity index (χ4n) is 2.76. The molecule has 3 rings (SSSR count). The number of nitrogens with one attached hydrogen (secondary N) is 1. The molecule has 0 spiro atoms. The van der Waals surface area contributed by atoms with Crippen molar-refractivity contribution in [3.63, 3.8) is 0 Å². The summed E-state index contributed by atoms with van der Waals surface area (Å²) in [5.74, 6) is 0.595. The number of aryl methyl sites for hydroxylation is 1. The normalized spacial score (nSPS) is 12.7. The van der Waals surface area contributed by atoms with E-state index in [2.05, 4.69) is 10.1 Å². The van der Waals surface area contributed by atoms with Crippen LogP contribution in [0.4, 0.5) is 0 Å². The van der Waals surface area contributed by atoms with Gasteiger partial charge in [-0.2, -0.15) is 11.3 Å². The van der Waals surface area contributed by atoms with Gasteiger partial charge in [-0.05, 0) is 64.2 Å². The van der Waals surface area contributed by atoms with Gasteiger partial charge in [-0.15, -0.1) is 0 Å². The topological polar surface area (TPSA) is 75.6 Å².